The van der Waals surface area contributed by atoms with E-state index >= 15 is 0 Å². The van der Waals surface area contributed by atoms with E-state index in [4.69, 9.17) is 9.47 Å². The highest BCUT2D eigenvalue weighted by molar-refractivity contribution is 7.80. The lowest BCUT2D eigenvalue weighted by Crippen LogP contribution is -2.10. The van der Waals surface area contributed by atoms with Crippen LogP contribution in [0.1, 0.15) is 23.5 Å². The third-order valence-electron chi connectivity index (χ3n) is 2.61. The topological polar surface area (TPSA) is 47.6 Å². The van der Waals surface area contributed by atoms with Crippen molar-refractivity contribution in [1.29, 1.82) is 0 Å². The zero-order chi connectivity index (χ0) is 15.2. The number of thiophene rings is 1. The van der Waals surface area contributed by atoms with Crippen molar-refractivity contribution < 1.29 is 14.3 Å². The van der Waals surface area contributed by atoms with Gasteiger partial charge in [0.1, 0.15) is 0 Å². The van der Waals surface area contributed by atoms with Crippen molar-refractivity contribution in [3.05, 3.63) is 34.5 Å². The van der Waals surface area contributed by atoms with Gasteiger partial charge in [-0.1, -0.05) is 0 Å². The molecule has 1 heterocycles. The van der Waals surface area contributed by atoms with Crippen molar-refractivity contribution in [3.8, 4) is 11.5 Å². The third-order valence-corrected chi connectivity index (χ3v) is 3.97. The van der Waals surface area contributed by atoms with Crippen molar-refractivity contribution in [2.45, 2.75) is 18.7 Å². The van der Waals surface area contributed by atoms with Gasteiger partial charge in [0.05, 0.1) is 18.1 Å². The average Bonchev–Trinajstić information content (AvgIpc) is 2.89. The molecule has 0 spiro atoms. The average molecular weight is 323 g/mol. The first kappa shape index (κ1) is 15.7. The van der Waals surface area contributed by atoms with Crippen LogP contribution < -0.4 is 14.8 Å². The Morgan fingerprint density at radius 1 is 1.19 bits per heavy atom. The molecule has 0 saturated carbocycles. The second kappa shape index (κ2) is 7.38. The monoisotopic (exact) mass is 323 g/mol. The van der Waals surface area contributed by atoms with Gasteiger partial charge in [-0.25, -0.2) is 0 Å². The van der Waals surface area contributed by atoms with Crippen molar-refractivity contribution in [1.82, 2.24) is 0 Å². The van der Waals surface area contributed by atoms with Crippen LogP contribution in [0.2, 0.25) is 0 Å². The molecule has 1 N–H and O–H groups in total. The Kier molecular flexibility index (Phi) is 5.52. The molecule has 21 heavy (non-hydrogen) atoms. The molecule has 0 atom stereocenters. The van der Waals surface area contributed by atoms with E-state index in [2.05, 4.69) is 17.9 Å². The number of thiol groups is 1. The Morgan fingerprint density at radius 2 is 1.90 bits per heavy atom. The van der Waals surface area contributed by atoms with E-state index in [0.29, 0.717) is 35.3 Å². The number of amides is 1. The van der Waals surface area contributed by atoms with Crippen LogP contribution >= 0.6 is 24.0 Å². The Hall–Kier alpha value is -1.66. The van der Waals surface area contributed by atoms with Crippen molar-refractivity contribution in [2.75, 3.05) is 18.5 Å². The van der Waals surface area contributed by atoms with Gasteiger partial charge in [0, 0.05) is 22.0 Å². The molecule has 1 aromatic heterocycles. The van der Waals surface area contributed by atoms with Crippen LogP contribution in [0.4, 0.5) is 5.69 Å². The maximum atomic E-state index is 12.1. The molecule has 0 aliphatic heterocycles. The zero-order valence-electron chi connectivity index (χ0n) is 11.9. The summed E-state index contributed by atoms with van der Waals surface area (Å²) in [7, 11) is 0. The molecule has 2 aromatic rings. The van der Waals surface area contributed by atoms with Crippen LogP contribution in [0.15, 0.2) is 34.5 Å². The highest BCUT2D eigenvalue weighted by atomic mass is 32.1. The first-order valence-electron chi connectivity index (χ1n) is 6.62. The molecule has 0 radical (unpaired) electrons. The molecule has 1 amide bonds. The zero-order valence-corrected chi connectivity index (χ0v) is 13.6. The van der Waals surface area contributed by atoms with E-state index in [0.717, 1.165) is 4.90 Å². The van der Waals surface area contributed by atoms with Crippen LogP contribution in [-0.4, -0.2) is 19.1 Å². The van der Waals surface area contributed by atoms with E-state index in [1.165, 1.54) is 11.3 Å². The number of benzene rings is 1. The van der Waals surface area contributed by atoms with Gasteiger partial charge in [-0.15, -0.1) is 24.0 Å². The largest absolute Gasteiger partial charge is 0.490 e. The quantitative estimate of drug-likeness (QED) is 0.787. The predicted molar refractivity (Wildman–Crippen MR) is 88.3 cm³/mol. The number of hydrogen-bond donors (Lipinski definition) is 2. The van der Waals surface area contributed by atoms with Crippen molar-refractivity contribution >= 4 is 35.6 Å². The van der Waals surface area contributed by atoms with E-state index in [-0.39, 0.29) is 5.91 Å². The molecular weight excluding hydrogens is 306 g/mol. The molecule has 6 heteroatoms. The summed E-state index contributed by atoms with van der Waals surface area (Å²) in [6.45, 7) is 4.91. The summed E-state index contributed by atoms with van der Waals surface area (Å²) >= 11 is 5.56. The molecule has 0 aliphatic rings. The van der Waals surface area contributed by atoms with E-state index in [9.17, 15) is 4.79 Å². The SMILES string of the molecule is CCOc1ccc(NC(=O)c2cc(S)cs2)cc1OCC. The number of carbonyl (C=O) groups is 1. The van der Waals surface area contributed by atoms with Gasteiger partial charge in [-0.2, -0.15) is 0 Å². The molecule has 0 unspecified atom stereocenters. The van der Waals surface area contributed by atoms with Crippen molar-refractivity contribution in [2.24, 2.45) is 0 Å². The summed E-state index contributed by atoms with van der Waals surface area (Å²) in [6.07, 6.45) is 0. The number of ether oxygens (including phenoxy) is 2. The number of anilines is 1. The van der Waals surface area contributed by atoms with Crippen LogP contribution in [0.5, 0.6) is 11.5 Å². The van der Waals surface area contributed by atoms with Gasteiger partial charge in [-0.3, -0.25) is 4.79 Å². The maximum absolute atomic E-state index is 12.1. The first-order valence-corrected chi connectivity index (χ1v) is 7.95. The van der Waals surface area contributed by atoms with Gasteiger partial charge in [0.25, 0.3) is 5.91 Å². The molecule has 0 aliphatic carbocycles. The molecule has 4 nitrogen and oxygen atoms in total. The lowest BCUT2D eigenvalue weighted by atomic mass is 10.2. The molecule has 0 bridgehead atoms. The van der Waals surface area contributed by atoms with Crippen LogP contribution in [0, 0.1) is 0 Å². The Labute approximate surface area is 133 Å². The summed E-state index contributed by atoms with van der Waals surface area (Å²) in [6, 6.07) is 7.09. The summed E-state index contributed by atoms with van der Waals surface area (Å²) in [5.41, 5.74) is 0.668. The Balaban J connectivity index is 2.16. The molecule has 0 saturated heterocycles. The van der Waals surface area contributed by atoms with Gasteiger partial charge in [0.15, 0.2) is 11.5 Å². The number of hydrogen-bond acceptors (Lipinski definition) is 5. The fourth-order valence-corrected chi connectivity index (χ4v) is 2.81. The molecule has 0 fully saturated rings. The molecule has 112 valence electrons. The summed E-state index contributed by atoms with van der Waals surface area (Å²) in [5.74, 6) is 1.14. The van der Waals surface area contributed by atoms with Gasteiger partial charge in [0.2, 0.25) is 0 Å². The van der Waals surface area contributed by atoms with E-state index < -0.39 is 0 Å². The molecular formula is C15H17NO3S2. The fourth-order valence-electron chi connectivity index (χ4n) is 1.77. The summed E-state index contributed by atoms with van der Waals surface area (Å²) in [4.78, 5) is 13.5. The minimum Gasteiger partial charge on any atom is -0.490 e. The molecule has 1 aromatic carbocycles. The fraction of sp³-hybridized carbons (Fsp3) is 0.267. The smallest absolute Gasteiger partial charge is 0.265 e. The number of nitrogens with one attached hydrogen (secondary N) is 1. The van der Waals surface area contributed by atoms with Gasteiger partial charge < -0.3 is 14.8 Å². The summed E-state index contributed by atoms with van der Waals surface area (Å²) < 4.78 is 11.0. The second-order valence-electron chi connectivity index (χ2n) is 4.15. The van der Waals surface area contributed by atoms with Crippen LogP contribution in [-0.2, 0) is 0 Å². The Morgan fingerprint density at radius 3 is 2.52 bits per heavy atom. The maximum Gasteiger partial charge on any atom is 0.265 e. The molecule has 2 rings (SSSR count). The lowest BCUT2D eigenvalue weighted by molar-refractivity contribution is 0.103. The highest BCUT2D eigenvalue weighted by Gasteiger charge is 2.11. The van der Waals surface area contributed by atoms with Crippen molar-refractivity contribution in [3.63, 3.8) is 0 Å². The van der Waals surface area contributed by atoms with Crippen LogP contribution in [0.3, 0.4) is 0 Å². The predicted octanol–water partition coefficient (Wildman–Crippen LogP) is 4.09. The van der Waals surface area contributed by atoms with Gasteiger partial charge >= 0.3 is 0 Å². The number of carbonyl (C=O) groups excluding carboxylic acids is 1. The number of rotatable bonds is 6. The van der Waals surface area contributed by atoms with E-state index in [1.54, 1.807) is 24.3 Å². The van der Waals surface area contributed by atoms with Gasteiger partial charge in [-0.05, 0) is 32.0 Å². The minimum atomic E-state index is -0.160. The van der Waals surface area contributed by atoms with E-state index in [1.807, 2.05) is 19.2 Å². The lowest BCUT2D eigenvalue weighted by Gasteiger charge is -2.12. The summed E-state index contributed by atoms with van der Waals surface area (Å²) in [5, 5.41) is 4.66. The second-order valence-corrected chi connectivity index (χ2v) is 5.58. The normalized spacial score (nSPS) is 10.2. The van der Waals surface area contributed by atoms with Crippen LogP contribution in [0.25, 0.3) is 0 Å². The first-order chi connectivity index (χ1) is 10.1. The standard InChI is InChI=1S/C15H17NO3S2/c1-3-18-12-6-5-10(7-13(12)19-4-2)16-15(17)14-8-11(20)9-21-14/h5-9,20H,3-4H2,1-2H3,(H,16,17). The third kappa shape index (κ3) is 4.15. The highest BCUT2D eigenvalue weighted by Crippen LogP contribution is 2.31. The minimum absolute atomic E-state index is 0.160. The Bertz CT molecular complexity index is 625.